The fourth-order valence-corrected chi connectivity index (χ4v) is 1.76. The molecule has 0 fully saturated rings. The van der Waals surface area contributed by atoms with Crippen molar-refractivity contribution in [2.45, 2.75) is 13.3 Å². The van der Waals surface area contributed by atoms with Crippen LogP contribution in [0.3, 0.4) is 0 Å². The van der Waals surface area contributed by atoms with Crippen LogP contribution in [0.15, 0.2) is 22.6 Å². The van der Waals surface area contributed by atoms with Crippen LogP contribution in [0.5, 0.6) is 0 Å². The Morgan fingerprint density at radius 3 is 2.59 bits per heavy atom. The minimum atomic E-state index is -1.25. The van der Waals surface area contributed by atoms with E-state index < -0.39 is 11.9 Å². The average Bonchev–Trinajstić information content (AvgIpc) is 2.55. The summed E-state index contributed by atoms with van der Waals surface area (Å²) in [6.45, 7) is 1.85. The number of benzene rings is 1. The molecule has 0 spiro atoms. The van der Waals surface area contributed by atoms with Crippen LogP contribution in [-0.4, -0.2) is 22.2 Å². The minimum absolute atomic E-state index is 0.208. The molecule has 0 saturated carbocycles. The molecule has 1 aromatic heterocycles. The van der Waals surface area contributed by atoms with Crippen molar-refractivity contribution in [1.82, 2.24) is 0 Å². The van der Waals surface area contributed by atoms with Crippen molar-refractivity contribution in [1.29, 1.82) is 0 Å². The zero-order valence-corrected chi connectivity index (χ0v) is 9.06. The summed E-state index contributed by atoms with van der Waals surface area (Å²) in [5, 5.41) is 18.3. The van der Waals surface area contributed by atoms with Crippen molar-refractivity contribution < 1.29 is 24.2 Å². The second kappa shape index (κ2) is 3.93. The maximum Gasteiger partial charge on any atom is 0.372 e. The highest BCUT2D eigenvalue weighted by atomic mass is 16.4. The first-order valence-corrected chi connectivity index (χ1v) is 4.96. The summed E-state index contributed by atoms with van der Waals surface area (Å²) in [5.74, 6) is -2.64. The molecule has 1 aromatic carbocycles. The molecule has 1 heterocycles. The molecule has 2 N–H and O–H groups in total. The third kappa shape index (κ3) is 1.99. The first-order valence-electron chi connectivity index (χ1n) is 4.96. The lowest BCUT2D eigenvalue weighted by molar-refractivity contribution is -0.136. The molecule has 0 bridgehead atoms. The lowest BCUT2D eigenvalue weighted by Crippen LogP contribution is -2.05. The summed E-state index contributed by atoms with van der Waals surface area (Å²) in [6, 6.07) is 5.15. The Balaban J connectivity index is 2.71. The van der Waals surface area contributed by atoms with E-state index in [9.17, 15) is 9.59 Å². The molecule has 5 nitrogen and oxygen atoms in total. The topological polar surface area (TPSA) is 87.7 Å². The standard InChI is InChI=1S/C12H10O5/c1-6-2-3-7-8(5-10(13)14)11(12(15)16)17-9(7)4-6/h2-4H,5H2,1H3,(H,13,14)(H,15,16). The van der Waals surface area contributed by atoms with Gasteiger partial charge in [-0.1, -0.05) is 12.1 Å². The van der Waals surface area contributed by atoms with Gasteiger partial charge in [0.15, 0.2) is 0 Å². The van der Waals surface area contributed by atoms with Gasteiger partial charge in [-0.3, -0.25) is 4.79 Å². The van der Waals surface area contributed by atoms with Gasteiger partial charge in [-0.15, -0.1) is 0 Å². The summed E-state index contributed by atoms with van der Waals surface area (Å²) in [6.07, 6.45) is -0.363. The van der Waals surface area contributed by atoms with Crippen molar-refractivity contribution >= 4 is 22.9 Å². The fourth-order valence-electron chi connectivity index (χ4n) is 1.76. The normalized spacial score (nSPS) is 10.6. The average molecular weight is 234 g/mol. The SMILES string of the molecule is Cc1ccc2c(CC(=O)O)c(C(=O)O)oc2c1. The summed E-state index contributed by atoms with van der Waals surface area (Å²) >= 11 is 0. The number of aryl methyl sites for hydroxylation is 1. The Labute approximate surface area is 96.3 Å². The highest BCUT2D eigenvalue weighted by molar-refractivity contribution is 5.97. The number of carboxylic acid groups (broad SMARTS) is 2. The molecule has 0 aliphatic carbocycles. The summed E-state index contributed by atoms with van der Waals surface area (Å²) < 4.78 is 5.18. The third-order valence-corrected chi connectivity index (χ3v) is 2.47. The third-order valence-electron chi connectivity index (χ3n) is 2.47. The van der Waals surface area contributed by atoms with E-state index in [4.69, 9.17) is 14.6 Å². The number of aromatic carboxylic acids is 1. The van der Waals surface area contributed by atoms with E-state index >= 15 is 0 Å². The second-order valence-corrected chi connectivity index (χ2v) is 3.79. The zero-order valence-electron chi connectivity index (χ0n) is 9.06. The van der Waals surface area contributed by atoms with Crippen LogP contribution in [0.25, 0.3) is 11.0 Å². The predicted molar refractivity (Wildman–Crippen MR) is 59.3 cm³/mol. The van der Waals surface area contributed by atoms with E-state index in [2.05, 4.69) is 0 Å². The lowest BCUT2D eigenvalue weighted by Gasteiger charge is -1.95. The Morgan fingerprint density at radius 2 is 2.00 bits per heavy atom. The monoisotopic (exact) mass is 234 g/mol. The highest BCUT2D eigenvalue weighted by Crippen LogP contribution is 2.27. The molecule has 0 radical (unpaired) electrons. The van der Waals surface area contributed by atoms with E-state index in [0.29, 0.717) is 11.0 Å². The highest BCUT2D eigenvalue weighted by Gasteiger charge is 2.21. The van der Waals surface area contributed by atoms with Gasteiger partial charge in [-0.05, 0) is 18.6 Å². The molecule has 0 aliphatic rings. The van der Waals surface area contributed by atoms with Crippen LogP contribution >= 0.6 is 0 Å². The molecule has 2 rings (SSSR count). The maximum absolute atomic E-state index is 11.0. The molecular formula is C12H10O5. The molecule has 88 valence electrons. The lowest BCUT2D eigenvalue weighted by atomic mass is 10.1. The van der Waals surface area contributed by atoms with Crippen molar-refractivity contribution in [3.8, 4) is 0 Å². The summed E-state index contributed by atoms with van der Waals surface area (Å²) in [7, 11) is 0. The number of aliphatic carboxylic acids is 1. The molecule has 0 atom stereocenters. The van der Waals surface area contributed by atoms with Gasteiger partial charge >= 0.3 is 11.9 Å². The van der Waals surface area contributed by atoms with E-state index in [-0.39, 0.29) is 17.7 Å². The molecular weight excluding hydrogens is 224 g/mol. The molecule has 0 aliphatic heterocycles. The Morgan fingerprint density at radius 1 is 1.29 bits per heavy atom. The molecule has 0 unspecified atom stereocenters. The summed E-state index contributed by atoms with van der Waals surface area (Å²) in [4.78, 5) is 21.7. The number of fused-ring (bicyclic) bond motifs is 1. The molecule has 0 amide bonds. The van der Waals surface area contributed by atoms with Gasteiger partial charge in [-0.2, -0.15) is 0 Å². The number of hydrogen-bond acceptors (Lipinski definition) is 3. The molecule has 0 saturated heterocycles. The van der Waals surface area contributed by atoms with Gasteiger partial charge in [0.2, 0.25) is 5.76 Å². The van der Waals surface area contributed by atoms with Crippen LogP contribution in [0.2, 0.25) is 0 Å². The summed E-state index contributed by atoms with van der Waals surface area (Å²) in [5.41, 5.74) is 1.53. The quantitative estimate of drug-likeness (QED) is 0.848. The van der Waals surface area contributed by atoms with Crippen LogP contribution in [-0.2, 0) is 11.2 Å². The van der Waals surface area contributed by atoms with Crippen molar-refractivity contribution in [2.24, 2.45) is 0 Å². The van der Waals surface area contributed by atoms with E-state index in [1.165, 1.54) is 0 Å². The van der Waals surface area contributed by atoms with Gasteiger partial charge in [0.1, 0.15) is 5.58 Å². The van der Waals surface area contributed by atoms with Crippen molar-refractivity contribution in [3.63, 3.8) is 0 Å². The molecule has 17 heavy (non-hydrogen) atoms. The zero-order chi connectivity index (χ0) is 12.6. The molecule has 2 aromatic rings. The van der Waals surface area contributed by atoms with Crippen LogP contribution < -0.4 is 0 Å². The van der Waals surface area contributed by atoms with E-state index in [1.807, 2.05) is 6.92 Å². The van der Waals surface area contributed by atoms with Gasteiger partial charge in [0.05, 0.1) is 6.42 Å². The molecule has 5 heteroatoms. The minimum Gasteiger partial charge on any atom is -0.481 e. The van der Waals surface area contributed by atoms with Gasteiger partial charge in [0.25, 0.3) is 0 Å². The largest absolute Gasteiger partial charge is 0.481 e. The number of rotatable bonds is 3. The maximum atomic E-state index is 11.0. The smallest absolute Gasteiger partial charge is 0.372 e. The number of carboxylic acids is 2. The van der Waals surface area contributed by atoms with Crippen molar-refractivity contribution in [3.05, 3.63) is 35.1 Å². The number of furan rings is 1. The Kier molecular flexibility index (Phi) is 2.59. The Hall–Kier alpha value is -2.30. The van der Waals surface area contributed by atoms with Gasteiger partial charge < -0.3 is 14.6 Å². The van der Waals surface area contributed by atoms with Crippen LogP contribution in [0.1, 0.15) is 21.7 Å². The van der Waals surface area contributed by atoms with Crippen molar-refractivity contribution in [2.75, 3.05) is 0 Å². The number of hydrogen-bond donors (Lipinski definition) is 2. The second-order valence-electron chi connectivity index (χ2n) is 3.79. The van der Waals surface area contributed by atoms with E-state index in [1.54, 1.807) is 18.2 Å². The van der Waals surface area contributed by atoms with Crippen LogP contribution in [0.4, 0.5) is 0 Å². The van der Waals surface area contributed by atoms with Crippen LogP contribution in [0, 0.1) is 6.92 Å². The first kappa shape index (κ1) is 11.2. The Bertz CT molecular complexity index is 609. The van der Waals surface area contributed by atoms with E-state index in [0.717, 1.165) is 5.56 Å². The number of carbonyl (C=O) groups is 2. The van der Waals surface area contributed by atoms with Gasteiger partial charge in [0, 0.05) is 10.9 Å². The van der Waals surface area contributed by atoms with Gasteiger partial charge in [-0.25, -0.2) is 4.79 Å². The fraction of sp³-hybridized carbons (Fsp3) is 0.167. The predicted octanol–water partition coefficient (Wildman–Crippen LogP) is 2.07. The first-order chi connectivity index (χ1) is 7.99.